The summed E-state index contributed by atoms with van der Waals surface area (Å²) in [6.07, 6.45) is -0.431. The van der Waals surface area contributed by atoms with Crippen LogP contribution in [0.25, 0.3) is 10.9 Å². The topological polar surface area (TPSA) is 78.5 Å². The van der Waals surface area contributed by atoms with E-state index < -0.39 is 6.10 Å². The smallest absolute Gasteiger partial charge is 0.258 e. The molecular formula is C18H22N4O3S. The van der Waals surface area contributed by atoms with Gasteiger partial charge in [-0.3, -0.25) is 14.5 Å². The fourth-order valence-electron chi connectivity index (χ4n) is 3.40. The van der Waals surface area contributed by atoms with E-state index in [0.29, 0.717) is 36.4 Å². The number of para-hydroxylation sites is 1. The number of nitrogens with one attached hydrogen (secondary N) is 1. The maximum atomic E-state index is 12.7. The molecule has 1 atom stereocenters. The number of benzene rings is 1. The fourth-order valence-corrected chi connectivity index (χ4v) is 4.31. The van der Waals surface area contributed by atoms with Crippen LogP contribution in [-0.4, -0.2) is 76.1 Å². The maximum absolute atomic E-state index is 12.7. The summed E-state index contributed by atoms with van der Waals surface area (Å²) in [6.45, 7) is 3.85. The van der Waals surface area contributed by atoms with Crippen molar-refractivity contribution < 1.29 is 9.53 Å². The summed E-state index contributed by atoms with van der Waals surface area (Å²) in [5.41, 5.74) is 0.565. The predicted octanol–water partition coefficient (Wildman–Crippen LogP) is 0.699. The number of carbonyl (C=O) groups is 1. The van der Waals surface area contributed by atoms with Crippen molar-refractivity contribution in [2.24, 2.45) is 0 Å². The predicted molar refractivity (Wildman–Crippen MR) is 101 cm³/mol. The Morgan fingerprint density at radius 3 is 2.92 bits per heavy atom. The lowest BCUT2D eigenvalue weighted by molar-refractivity contribution is -0.149. The summed E-state index contributed by atoms with van der Waals surface area (Å²) in [6, 6.07) is 7.31. The van der Waals surface area contributed by atoms with Crippen LogP contribution in [0.2, 0.25) is 0 Å². The van der Waals surface area contributed by atoms with Crippen molar-refractivity contribution in [2.45, 2.75) is 12.6 Å². The molecule has 0 unspecified atom stereocenters. The molecule has 2 aliphatic heterocycles. The lowest BCUT2D eigenvalue weighted by Crippen LogP contribution is -2.52. The molecule has 3 heterocycles. The first-order valence-electron chi connectivity index (χ1n) is 8.89. The zero-order chi connectivity index (χ0) is 17.9. The summed E-state index contributed by atoms with van der Waals surface area (Å²) < 4.78 is 5.72. The van der Waals surface area contributed by atoms with E-state index in [4.69, 9.17) is 4.74 Å². The van der Waals surface area contributed by atoms with Crippen LogP contribution in [0.5, 0.6) is 0 Å². The van der Waals surface area contributed by atoms with Gasteiger partial charge in [-0.15, -0.1) is 0 Å². The molecule has 1 aromatic carbocycles. The van der Waals surface area contributed by atoms with E-state index in [1.807, 2.05) is 34.9 Å². The highest BCUT2D eigenvalue weighted by atomic mass is 32.2. The third kappa shape index (κ3) is 3.77. The average Bonchev–Trinajstić information content (AvgIpc) is 2.68. The first-order valence-corrected chi connectivity index (χ1v) is 10.0. The number of thioether (sulfide) groups is 1. The normalized spacial score (nSPS) is 21.8. The zero-order valence-electron chi connectivity index (χ0n) is 14.5. The first-order chi connectivity index (χ1) is 12.7. The van der Waals surface area contributed by atoms with Gasteiger partial charge in [0.25, 0.3) is 11.5 Å². The summed E-state index contributed by atoms with van der Waals surface area (Å²) in [7, 11) is 0. The molecule has 0 aliphatic carbocycles. The fraction of sp³-hybridized carbons (Fsp3) is 0.500. The third-order valence-corrected chi connectivity index (χ3v) is 5.73. The molecule has 2 saturated heterocycles. The Balaban J connectivity index is 1.45. The van der Waals surface area contributed by atoms with Crippen molar-refractivity contribution in [1.82, 2.24) is 19.8 Å². The number of fused-ring (bicyclic) bond motifs is 1. The molecule has 8 heteroatoms. The van der Waals surface area contributed by atoms with Crippen LogP contribution >= 0.6 is 11.8 Å². The molecule has 26 heavy (non-hydrogen) atoms. The van der Waals surface area contributed by atoms with Gasteiger partial charge in [0.15, 0.2) is 0 Å². The van der Waals surface area contributed by atoms with Gasteiger partial charge in [0.1, 0.15) is 11.9 Å². The van der Waals surface area contributed by atoms with Gasteiger partial charge < -0.3 is 14.6 Å². The lowest BCUT2D eigenvalue weighted by atomic mass is 10.2. The maximum Gasteiger partial charge on any atom is 0.258 e. The van der Waals surface area contributed by atoms with Gasteiger partial charge in [0.05, 0.1) is 24.1 Å². The van der Waals surface area contributed by atoms with Crippen molar-refractivity contribution in [2.75, 3.05) is 44.3 Å². The second-order valence-electron chi connectivity index (χ2n) is 6.56. The van der Waals surface area contributed by atoms with Gasteiger partial charge in [-0.05, 0) is 12.1 Å². The number of aromatic amines is 1. The number of morpholine rings is 1. The van der Waals surface area contributed by atoms with E-state index in [2.05, 4.69) is 14.9 Å². The van der Waals surface area contributed by atoms with E-state index in [-0.39, 0.29) is 11.5 Å². The Morgan fingerprint density at radius 2 is 2.08 bits per heavy atom. The minimum Gasteiger partial charge on any atom is -0.366 e. The van der Waals surface area contributed by atoms with Gasteiger partial charge in [0, 0.05) is 37.7 Å². The average molecular weight is 374 g/mol. The minimum absolute atomic E-state index is 0.0787. The molecule has 0 bridgehead atoms. The highest BCUT2D eigenvalue weighted by molar-refractivity contribution is 7.99. The second kappa shape index (κ2) is 7.77. The molecule has 2 aliphatic rings. The van der Waals surface area contributed by atoms with E-state index in [0.717, 1.165) is 31.1 Å². The van der Waals surface area contributed by atoms with E-state index in [1.54, 1.807) is 6.07 Å². The number of hydrogen-bond acceptors (Lipinski definition) is 6. The lowest BCUT2D eigenvalue weighted by Gasteiger charge is -2.35. The molecule has 138 valence electrons. The van der Waals surface area contributed by atoms with Crippen LogP contribution in [0.15, 0.2) is 29.1 Å². The number of nitrogens with zero attached hydrogens (tertiary/aromatic N) is 3. The van der Waals surface area contributed by atoms with Gasteiger partial charge in [-0.2, -0.15) is 11.8 Å². The first kappa shape index (κ1) is 17.5. The van der Waals surface area contributed by atoms with Crippen LogP contribution in [0, 0.1) is 0 Å². The van der Waals surface area contributed by atoms with Crippen LogP contribution in [-0.2, 0) is 16.1 Å². The quantitative estimate of drug-likeness (QED) is 0.852. The molecule has 2 fully saturated rings. The summed E-state index contributed by atoms with van der Waals surface area (Å²) in [5, 5.41) is 0.592. The molecule has 0 spiro atoms. The molecule has 1 aromatic heterocycles. The molecule has 0 saturated carbocycles. The molecular weight excluding hydrogens is 352 g/mol. The molecule has 1 amide bonds. The molecule has 1 N–H and O–H groups in total. The number of hydrogen-bond donors (Lipinski definition) is 1. The minimum atomic E-state index is -0.431. The van der Waals surface area contributed by atoms with Crippen molar-refractivity contribution in [3.8, 4) is 0 Å². The van der Waals surface area contributed by atoms with Gasteiger partial charge >= 0.3 is 0 Å². The van der Waals surface area contributed by atoms with E-state index in [1.165, 1.54) is 0 Å². The Bertz CT molecular complexity index is 850. The zero-order valence-corrected chi connectivity index (χ0v) is 15.3. The van der Waals surface area contributed by atoms with Crippen molar-refractivity contribution in [3.05, 3.63) is 40.4 Å². The van der Waals surface area contributed by atoms with E-state index >= 15 is 0 Å². The number of ether oxygens (including phenoxy) is 1. The Hall–Kier alpha value is -1.90. The molecule has 7 nitrogen and oxygen atoms in total. The Kier molecular flexibility index (Phi) is 5.23. The van der Waals surface area contributed by atoms with Crippen LogP contribution in [0.3, 0.4) is 0 Å². The second-order valence-corrected chi connectivity index (χ2v) is 7.79. The summed E-state index contributed by atoms with van der Waals surface area (Å²) >= 11 is 1.88. The van der Waals surface area contributed by atoms with E-state index in [9.17, 15) is 9.59 Å². The van der Waals surface area contributed by atoms with Crippen molar-refractivity contribution >= 4 is 28.6 Å². The number of carbonyl (C=O) groups excluding carboxylic acids is 1. The highest BCUT2D eigenvalue weighted by Gasteiger charge is 2.31. The summed E-state index contributed by atoms with van der Waals surface area (Å²) in [4.78, 5) is 36.3. The number of rotatable bonds is 3. The Labute approximate surface area is 155 Å². The van der Waals surface area contributed by atoms with Gasteiger partial charge in [-0.1, -0.05) is 12.1 Å². The van der Waals surface area contributed by atoms with Gasteiger partial charge in [0.2, 0.25) is 0 Å². The van der Waals surface area contributed by atoms with Crippen LogP contribution in [0.4, 0.5) is 0 Å². The number of aromatic nitrogens is 2. The monoisotopic (exact) mass is 374 g/mol. The molecule has 4 rings (SSSR count). The standard InChI is InChI=1S/C18H22N4O3S/c23-17-13-3-1-2-4-14(13)19-16(20-17)12-21-5-8-25-15(11-21)18(24)22-6-9-26-10-7-22/h1-4,15H,5-12H2,(H,19,20,23)/t15-/m1/s1. The van der Waals surface area contributed by atoms with Gasteiger partial charge in [-0.25, -0.2) is 4.98 Å². The molecule has 0 radical (unpaired) electrons. The van der Waals surface area contributed by atoms with Crippen molar-refractivity contribution in [1.29, 1.82) is 0 Å². The third-order valence-electron chi connectivity index (χ3n) is 4.78. The molecule has 2 aromatic rings. The highest BCUT2D eigenvalue weighted by Crippen LogP contribution is 2.15. The van der Waals surface area contributed by atoms with Crippen molar-refractivity contribution in [3.63, 3.8) is 0 Å². The SMILES string of the molecule is O=C([C@H]1CN(Cc2nc3ccccc3c(=O)[nH]2)CCO1)N1CCSCC1. The van der Waals surface area contributed by atoms with Crippen LogP contribution < -0.4 is 5.56 Å². The Morgan fingerprint density at radius 1 is 1.27 bits per heavy atom. The largest absolute Gasteiger partial charge is 0.366 e. The number of amides is 1. The number of H-pyrrole nitrogens is 1. The van der Waals surface area contributed by atoms with Crippen LogP contribution in [0.1, 0.15) is 5.82 Å². The summed E-state index contributed by atoms with van der Waals surface area (Å²) in [5.74, 6) is 2.68.